The Morgan fingerprint density at radius 3 is 2.27 bits per heavy atom. The normalized spacial score (nSPS) is 14.0. The summed E-state index contributed by atoms with van der Waals surface area (Å²) in [4.78, 5) is 5.46. The zero-order valence-electron chi connectivity index (χ0n) is 14.2. The van der Waals surface area contributed by atoms with E-state index in [2.05, 4.69) is 40.9 Å². The Balaban J connectivity index is 2.61. The van der Waals surface area contributed by atoms with Crippen molar-refractivity contribution in [3.63, 3.8) is 0 Å². The Morgan fingerprint density at radius 1 is 1.23 bits per heavy atom. The van der Waals surface area contributed by atoms with Gasteiger partial charge in [0.15, 0.2) is 15.8 Å². The fourth-order valence-corrected chi connectivity index (χ4v) is 2.89. The lowest BCUT2D eigenvalue weighted by Gasteiger charge is -2.27. The molecule has 0 bridgehead atoms. The molecule has 0 atom stereocenters. The predicted molar refractivity (Wildman–Crippen MR) is 95.6 cm³/mol. The van der Waals surface area contributed by atoms with E-state index in [1.807, 2.05) is 6.07 Å². The number of nitrogens with one attached hydrogen (secondary N) is 2. The molecule has 0 fully saturated rings. The number of guanidine groups is 1. The van der Waals surface area contributed by atoms with Crippen LogP contribution in [0.2, 0.25) is 0 Å². The molecule has 0 aliphatic carbocycles. The van der Waals surface area contributed by atoms with Crippen molar-refractivity contribution >= 4 is 27.1 Å². The highest BCUT2D eigenvalue weighted by molar-refractivity contribution is 7.92. The van der Waals surface area contributed by atoms with Gasteiger partial charge in [-0.25, -0.2) is 8.42 Å². The van der Waals surface area contributed by atoms with E-state index in [4.69, 9.17) is 0 Å². The molecule has 0 aromatic carbocycles. The fraction of sp³-hybridized carbons (Fsp3) is 0.667. The van der Waals surface area contributed by atoms with Crippen LogP contribution >= 0.6 is 11.3 Å². The quantitative estimate of drug-likeness (QED) is 0.611. The molecule has 1 rings (SSSR count). The van der Waals surface area contributed by atoms with Gasteiger partial charge in [-0.15, -0.1) is 11.3 Å². The summed E-state index contributed by atoms with van der Waals surface area (Å²) < 4.78 is 22.6. The largest absolute Gasteiger partial charge is 0.356 e. The van der Waals surface area contributed by atoms with Crippen molar-refractivity contribution in [1.29, 1.82) is 0 Å². The molecule has 0 spiro atoms. The van der Waals surface area contributed by atoms with Crippen LogP contribution in [0.4, 0.5) is 0 Å². The van der Waals surface area contributed by atoms with E-state index in [9.17, 15) is 8.42 Å². The van der Waals surface area contributed by atoms with E-state index in [1.165, 1.54) is 11.1 Å². The van der Waals surface area contributed by atoms with Crippen molar-refractivity contribution in [2.24, 2.45) is 4.99 Å². The van der Waals surface area contributed by atoms with Gasteiger partial charge in [-0.05, 0) is 25.3 Å². The minimum absolute atomic E-state index is 0.0157. The monoisotopic (exact) mass is 345 g/mol. The van der Waals surface area contributed by atoms with Gasteiger partial charge in [0.25, 0.3) is 0 Å². The first-order chi connectivity index (χ1) is 9.99. The molecule has 22 heavy (non-hydrogen) atoms. The lowest BCUT2D eigenvalue weighted by atomic mass is 9.91. The molecule has 2 N–H and O–H groups in total. The van der Waals surface area contributed by atoms with Crippen molar-refractivity contribution in [3.05, 3.63) is 22.4 Å². The van der Waals surface area contributed by atoms with E-state index in [-0.39, 0.29) is 5.41 Å². The summed E-state index contributed by atoms with van der Waals surface area (Å²) in [6.07, 6.45) is 1.25. The van der Waals surface area contributed by atoms with Crippen LogP contribution in [0.5, 0.6) is 0 Å². The van der Waals surface area contributed by atoms with Crippen molar-refractivity contribution < 1.29 is 8.42 Å². The van der Waals surface area contributed by atoms with E-state index in [1.54, 1.807) is 32.2 Å². The SMILES string of the molecule is CN=C(NCC(C)(C)c1cccs1)NCC(C)(C)S(C)(=O)=O. The maximum Gasteiger partial charge on any atom is 0.191 e. The van der Waals surface area contributed by atoms with Crippen molar-refractivity contribution in [3.8, 4) is 0 Å². The number of nitrogens with zero attached hydrogens (tertiary/aromatic N) is 1. The van der Waals surface area contributed by atoms with Gasteiger partial charge in [0.2, 0.25) is 0 Å². The van der Waals surface area contributed by atoms with Gasteiger partial charge in [-0.3, -0.25) is 4.99 Å². The number of thiophene rings is 1. The van der Waals surface area contributed by atoms with Gasteiger partial charge in [0, 0.05) is 36.7 Å². The maximum absolute atomic E-state index is 11.7. The van der Waals surface area contributed by atoms with Gasteiger partial charge in [-0.2, -0.15) is 0 Å². The second-order valence-corrected chi connectivity index (χ2v) is 10.3. The Bertz CT molecular complexity index is 603. The number of aliphatic imine (C=N–C) groups is 1. The van der Waals surface area contributed by atoms with Crippen LogP contribution in [0.15, 0.2) is 22.5 Å². The highest BCUT2D eigenvalue weighted by Gasteiger charge is 2.30. The molecular formula is C15H27N3O2S2. The number of hydrogen-bond acceptors (Lipinski definition) is 4. The van der Waals surface area contributed by atoms with Crippen molar-refractivity contribution in [2.75, 3.05) is 26.4 Å². The van der Waals surface area contributed by atoms with Gasteiger partial charge in [0.05, 0.1) is 4.75 Å². The summed E-state index contributed by atoms with van der Waals surface area (Å²) in [6.45, 7) is 8.77. The average molecular weight is 346 g/mol. The van der Waals surface area contributed by atoms with Crippen LogP contribution in [0.25, 0.3) is 0 Å². The van der Waals surface area contributed by atoms with Crippen LogP contribution in [-0.2, 0) is 15.3 Å². The Kier molecular flexibility index (Phi) is 6.03. The first-order valence-electron chi connectivity index (χ1n) is 7.18. The van der Waals surface area contributed by atoms with Gasteiger partial charge in [-0.1, -0.05) is 19.9 Å². The summed E-state index contributed by atoms with van der Waals surface area (Å²) in [5.74, 6) is 0.612. The molecule has 0 saturated carbocycles. The van der Waals surface area contributed by atoms with Gasteiger partial charge in [0.1, 0.15) is 0 Å². The number of sulfone groups is 1. The van der Waals surface area contributed by atoms with E-state index < -0.39 is 14.6 Å². The van der Waals surface area contributed by atoms with Crippen LogP contribution in [-0.4, -0.2) is 45.5 Å². The summed E-state index contributed by atoms with van der Waals surface area (Å²) in [6, 6.07) is 4.17. The molecule has 5 nitrogen and oxygen atoms in total. The van der Waals surface area contributed by atoms with Crippen molar-refractivity contribution in [2.45, 2.75) is 37.9 Å². The fourth-order valence-electron chi connectivity index (χ4n) is 1.70. The van der Waals surface area contributed by atoms with Gasteiger partial charge < -0.3 is 10.6 Å². The number of rotatable bonds is 6. The summed E-state index contributed by atoms with van der Waals surface area (Å²) in [5, 5.41) is 8.44. The zero-order chi connectivity index (χ0) is 17.0. The third-order valence-corrected chi connectivity index (χ3v) is 7.18. The molecule has 126 valence electrons. The lowest BCUT2D eigenvalue weighted by Crippen LogP contribution is -2.49. The summed E-state index contributed by atoms with van der Waals surface area (Å²) in [5.41, 5.74) is -0.0157. The van der Waals surface area contributed by atoms with Crippen LogP contribution < -0.4 is 10.6 Å². The minimum Gasteiger partial charge on any atom is -0.356 e. The van der Waals surface area contributed by atoms with Crippen LogP contribution in [0, 0.1) is 0 Å². The molecule has 7 heteroatoms. The molecule has 1 aromatic rings. The molecule has 0 aliphatic heterocycles. The number of hydrogen-bond donors (Lipinski definition) is 2. The third-order valence-electron chi connectivity index (χ3n) is 3.79. The standard InChI is InChI=1S/C15H27N3O2S2/c1-14(2,12-8-7-9-21-12)10-17-13(16-5)18-11-15(3,4)22(6,19)20/h7-9H,10-11H2,1-6H3,(H2,16,17,18). The minimum atomic E-state index is -3.13. The summed E-state index contributed by atoms with van der Waals surface area (Å²) in [7, 11) is -1.45. The average Bonchev–Trinajstić information content (AvgIpc) is 2.92. The van der Waals surface area contributed by atoms with E-state index >= 15 is 0 Å². The van der Waals surface area contributed by atoms with Gasteiger partial charge >= 0.3 is 0 Å². The lowest BCUT2D eigenvalue weighted by molar-refractivity contribution is 0.513. The highest BCUT2D eigenvalue weighted by atomic mass is 32.2. The smallest absolute Gasteiger partial charge is 0.191 e. The second-order valence-electron chi connectivity index (χ2n) is 6.67. The summed E-state index contributed by atoms with van der Waals surface area (Å²) >= 11 is 1.73. The third kappa shape index (κ3) is 4.98. The molecule has 1 heterocycles. The maximum atomic E-state index is 11.7. The molecule has 1 aromatic heterocycles. The molecule has 0 aliphatic rings. The first-order valence-corrected chi connectivity index (χ1v) is 9.95. The highest BCUT2D eigenvalue weighted by Crippen LogP contribution is 2.26. The first kappa shape index (κ1) is 19.0. The van der Waals surface area contributed by atoms with Crippen molar-refractivity contribution in [1.82, 2.24) is 10.6 Å². The Hall–Kier alpha value is -1.08. The Labute approximate surface area is 138 Å². The Morgan fingerprint density at radius 2 is 1.82 bits per heavy atom. The molecule has 0 saturated heterocycles. The van der Waals surface area contributed by atoms with E-state index in [0.29, 0.717) is 19.0 Å². The molecule has 0 unspecified atom stereocenters. The van der Waals surface area contributed by atoms with Crippen LogP contribution in [0.3, 0.4) is 0 Å². The van der Waals surface area contributed by atoms with E-state index in [0.717, 1.165) is 0 Å². The second kappa shape index (κ2) is 7.00. The topological polar surface area (TPSA) is 70.6 Å². The predicted octanol–water partition coefficient (Wildman–Crippen LogP) is 2.01. The zero-order valence-corrected chi connectivity index (χ0v) is 15.9. The van der Waals surface area contributed by atoms with Crippen LogP contribution in [0.1, 0.15) is 32.6 Å². The molecular weight excluding hydrogens is 318 g/mol. The molecule has 0 radical (unpaired) electrons. The molecule has 0 amide bonds.